The molecule has 1 aliphatic heterocycles. The maximum absolute atomic E-state index is 12.6. The lowest BCUT2D eigenvalue weighted by Gasteiger charge is -2.14. The summed E-state index contributed by atoms with van der Waals surface area (Å²) >= 11 is 0. The van der Waals surface area contributed by atoms with Crippen LogP contribution < -0.4 is 14.8 Å². The second-order valence-corrected chi connectivity index (χ2v) is 7.61. The fourth-order valence-corrected chi connectivity index (χ4v) is 3.82. The second kappa shape index (κ2) is 10.2. The molecule has 1 aromatic carbocycles. The predicted molar refractivity (Wildman–Crippen MR) is 118 cm³/mol. The summed E-state index contributed by atoms with van der Waals surface area (Å²) in [6, 6.07) is 9.45. The van der Waals surface area contributed by atoms with Gasteiger partial charge in [-0.2, -0.15) is 5.26 Å². The number of nitrogens with one attached hydrogen (secondary N) is 1. The van der Waals surface area contributed by atoms with Gasteiger partial charge in [0.25, 0.3) is 5.91 Å². The molecule has 1 atom stereocenters. The maximum Gasteiger partial charge on any atom is 0.262 e. The van der Waals surface area contributed by atoms with E-state index in [-0.39, 0.29) is 18.2 Å². The molecule has 1 unspecified atom stereocenters. The number of nitrogens with zero attached hydrogens (tertiary/aromatic N) is 2. The van der Waals surface area contributed by atoms with Gasteiger partial charge in [-0.1, -0.05) is 6.07 Å². The highest BCUT2D eigenvalue weighted by molar-refractivity contribution is 6.01. The molecule has 1 aliphatic rings. The van der Waals surface area contributed by atoms with E-state index < -0.39 is 5.91 Å². The van der Waals surface area contributed by atoms with Gasteiger partial charge in [0.2, 0.25) is 0 Å². The summed E-state index contributed by atoms with van der Waals surface area (Å²) in [5.74, 6) is 0.791. The monoisotopic (exact) mass is 423 g/mol. The van der Waals surface area contributed by atoms with Crippen molar-refractivity contribution >= 4 is 12.0 Å². The van der Waals surface area contributed by atoms with Crippen molar-refractivity contribution in [1.29, 1.82) is 5.26 Å². The van der Waals surface area contributed by atoms with Crippen LogP contribution in [0.15, 0.2) is 29.8 Å². The minimum Gasteiger partial charge on any atom is -0.493 e. The van der Waals surface area contributed by atoms with Crippen molar-refractivity contribution in [3.63, 3.8) is 0 Å². The number of nitriles is 1. The van der Waals surface area contributed by atoms with Crippen LogP contribution >= 0.6 is 0 Å². The van der Waals surface area contributed by atoms with Gasteiger partial charge in [-0.05, 0) is 62.1 Å². The largest absolute Gasteiger partial charge is 0.493 e. The molecule has 1 amide bonds. The molecule has 0 radical (unpaired) electrons. The van der Waals surface area contributed by atoms with Crippen LogP contribution in [0.3, 0.4) is 0 Å². The number of carbonyl (C=O) groups is 1. The number of hydrogen-bond donors (Lipinski definition) is 1. The Morgan fingerprint density at radius 2 is 2.06 bits per heavy atom. The van der Waals surface area contributed by atoms with Crippen LogP contribution in [0.5, 0.6) is 11.5 Å². The Balaban J connectivity index is 1.71. The van der Waals surface area contributed by atoms with Crippen molar-refractivity contribution in [2.45, 2.75) is 45.9 Å². The third kappa shape index (κ3) is 5.28. The van der Waals surface area contributed by atoms with E-state index in [4.69, 9.17) is 14.2 Å². The lowest BCUT2D eigenvalue weighted by Crippen LogP contribution is -2.24. The zero-order valence-corrected chi connectivity index (χ0v) is 18.5. The highest BCUT2D eigenvalue weighted by atomic mass is 16.5. The van der Waals surface area contributed by atoms with Crippen molar-refractivity contribution in [1.82, 2.24) is 9.88 Å². The molecule has 1 fully saturated rings. The summed E-state index contributed by atoms with van der Waals surface area (Å²) in [5.41, 5.74) is 3.89. The Hall–Kier alpha value is -3.24. The summed E-state index contributed by atoms with van der Waals surface area (Å²) in [6.07, 6.45) is 4.03. The van der Waals surface area contributed by atoms with E-state index in [2.05, 4.69) is 9.88 Å². The van der Waals surface area contributed by atoms with Gasteiger partial charge < -0.3 is 24.1 Å². The lowest BCUT2D eigenvalue weighted by atomic mass is 10.1. The average Bonchev–Trinajstić information content (AvgIpc) is 3.39. The van der Waals surface area contributed by atoms with Crippen LogP contribution in [0.25, 0.3) is 6.08 Å². The number of aromatic nitrogens is 1. The van der Waals surface area contributed by atoms with Crippen LogP contribution in [0.4, 0.5) is 0 Å². The molecule has 1 N–H and O–H groups in total. The predicted octanol–water partition coefficient (Wildman–Crippen LogP) is 3.52. The highest BCUT2D eigenvalue weighted by Gasteiger charge is 2.19. The molecule has 7 heteroatoms. The van der Waals surface area contributed by atoms with Gasteiger partial charge in [0.05, 0.1) is 20.3 Å². The van der Waals surface area contributed by atoms with Gasteiger partial charge in [0, 0.05) is 31.1 Å². The zero-order chi connectivity index (χ0) is 22.4. The van der Waals surface area contributed by atoms with E-state index >= 15 is 0 Å². The maximum atomic E-state index is 12.6. The molecular formula is C24H29N3O4. The summed E-state index contributed by atoms with van der Waals surface area (Å²) in [5, 5.41) is 12.4. The van der Waals surface area contributed by atoms with Crippen molar-refractivity contribution < 1.29 is 19.0 Å². The summed E-state index contributed by atoms with van der Waals surface area (Å²) < 4.78 is 18.5. The fraction of sp³-hybridized carbons (Fsp3) is 0.417. The van der Waals surface area contributed by atoms with Gasteiger partial charge in [-0.25, -0.2) is 0 Å². The summed E-state index contributed by atoms with van der Waals surface area (Å²) in [4.78, 5) is 12.6. The molecule has 164 valence electrons. The quantitative estimate of drug-likeness (QED) is 0.519. The third-order valence-electron chi connectivity index (χ3n) is 5.59. The first kappa shape index (κ1) is 22.4. The standard InChI is InChI=1S/C24H29N3O4/c1-16-10-19(17(2)27(16)15-21-6-5-9-31-21)12-20(13-25)24(28)26-14-18-7-8-22(29-3)23(11-18)30-4/h7-8,10-12,21H,5-6,9,14-15H2,1-4H3,(H,26,28)/b20-12+. The molecule has 0 spiro atoms. The minimum absolute atomic E-state index is 0.0674. The van der Waals surface area contributed by atoms with E-state index in [1.807, 2.05) is 32.0 Å². The molecular weight excluding hydrogens is 394 g/mol. The zero-order valence-electron chi connectivity index (χ0n) is 18.5. The van der Waals surface area contributed by atoms with Crippen molar-refractivity contribution in [2.24, 2.45) is 0 Å². The Labute approximate surface area is 183 Å². The first-order chi connectivity index (χ1) is 15.0. The van der Waals surface area contributed by atoms with E-state index in [9.17, 15) is 10.1 Å². The van der Waals surface area contributed by atoms with Crippen LogP contribution in [-0.2, 0) is 22.6 Å². The van der Waals surface area contributed by atoms with Gasteiger partial charge in [0.1, 0.15) is 11.6 Å². The number of amides is 1. The number of aryl methyl sites for hydroxylation is 1. The molecule has 1 aromatic heterocycles. The molecule has 7 nitrogen and oxygen atoms in total. The molecule has 3 rings (SSSR count). The summed E-state index contributed by atoms with van der Waals surface area (Å²) in [6.45, 7) is 5.91. The Morgan fingerprint density at radius 3 is 2.71 bits per heavy atom. The lowest BCUT2D eigenvalue weighted by molar-refractivity contribution is -0.117. The number of rotatable bonds is 8. The molecule has 2 aromatic rings. The Kier molecular flexibility index (Phi) is 7.37. The third-order valence-corrected chi connectivity index (χ3v) is 5.59. The molecule has 31 heavy (non-hydrogen) atoms. The van der Waals surface area contributed by atoms with Crippen LogP contribution in [0.2, 0.25) is 0 Å². The average molecular weight is 424 g/mol. The highest BCUT2D eigenvalue weighted by Crippen LogP contribution is 2.27. The van der Waals surface area contributed by atoms with Crippen molar-refractivity contribution in [3.8, 4) is 17.6 Å². The van der Waals surface area contributed by atoms with Gasteiger partial charge >= 0.3 is 0 Å². The molecule has 1 saturated heterocycles. The van der Waals surface area contributed by atoms with Crippen LogP contribution in [-0.4, -0.2) is 37.4 Å². The van der Waals surface area contributed by atoms with Crippen molar-refractivity contribution in [2.75, 3.05) is 20.8 Å². The number of benzene rings is 1. The molecule has 0 saturated carbocycles. The topological polar surface area (TPSA) is 85.5 Å². The number of carbonyl (C=O) groups excluding carboxylic acids is 1. The normalized spacial score (nSPS) is 16.1. The second-order valence-electron chi connectivity index (χ2n) is 7.61. The first-order valence-electron chi connectivity index (χ1n) is 10.4. The summed E-state index contributed by atoms with van der Waals surface area (Å²) in [7, 11) is 3.13. The van der Waals surface area contributed by atoms with Gasteiger partial charge in [0.15, 0.2) is 11.5 Å². The molecule has 2 heterocycles. The van der Waals surface area contributed by atoms with E-state index in [0.29, 0.717) is 11.5 Å². The first-order valence-corrected chi connectivity index (χ1v) is 10.4. The molecule has 0 aliphatic carbocycles. The SMILES string of the molecule is COc1ccc(CNC(=O)/C(C#N)=C/c2cc(C)n(CC3CCCO3)c2C)cc1OC. The fourth-order valence-electron chi connectivity index (χ4n) is 3.82. The van der Waals surface area contributed by atoms with Crippen LogP contribution in [0, 0.1) is 25.2 Å². The van der Waals surface area contributed by atoms with Gasteiger partial charge in [-0.3, -0.25) is 4.79 Å². The number of methoxy groups -OCH3 is 2. The Morgan fingerprint density at radius 1 is 1.29 bits per heavy atom. The van der Waals surface area contributed by atoms with Crippen molar-refractivity contribution in [3.05, 3.63) is 52.4 Å². The number of hydrogen-bond acceptors (Lipinski definition) is 5. The molecule has 0 bridgehead atoms. The Bertz CT molecular complexity index is 1010. The van der Waals surface area contributed by atoms with E-state index in [0.717, 1.165) is 48.5 Å². The van der Waals surface area contributed by atoms with E-state index in [1.54, 1.807) is 32.4 Å². The van der Waals surface area contributed by atoms with Crippen LogP contribution in [0.1, 0.15) is 35.4 Å². The number of ether oxygens (including phenoxy) is 3. The van der Waals surface area contributed by atoms with Gasteiger partial charge in [-0.15, -0.1) is 0 Å². The minimum atomic E-state index is -0.416. The smallest absolute Gasteiger partial charge is 0.262 e. The van der Waals surface area contributed by atoms with E-state index in [1.165, 1.54) is 0 Å².